The topological polar surface area (TPSA) is 66.4 Å². The van der Waals surface area contributed by atoms with Gasteiger partial charge < -0.3 is 10.4 Å². The van der Waals surface area contributed by atoms with Crippen molar-refractivity contribution in [2.45, 2.75) is 0 Å². The predicted octanol–water partition coefficient (Wildman–Crippen LogP) is 1.06. The van der Waals surface area contributed by atoms with Crippen LogP contribution in [0.3, 0.4) is 0 Å². The van der Waals surface area contributed by atoms with Gasteiger partial charge in [-0.25, -0.2) is 9.18 Å². The summed E-state index contributed by atoms with van der Waals surface area (Å²) in [7, 11) is 0. The van der Waals surface area contributed by atoms with Crippen molar-refractivity contribution in [3.8, 4) is 0 Å². The molecule has 1 fully saturated rings. The van der Waals surface area contributed by atoms with Crippen molar-refractivity contribution in [1.29, 1.82) is 0 Å². The Morgan fingerprint density at radius 2 is 1.94 bits per heavy atom. The molecule has 1 aliphatic heterocycles. The number of quaternary nitrogens is 1. The first-order valence-corrected chi connectivity index (χ1v) is 5.68. The van der Waals surface area contributed by atoms with Crippen molar-refractivity contribution < 1.29 is 23.6 Å². The van der Waals surface area contributed by atoms with Gasteiger partial charge in [0.15, 0.2) is 0 Å². The maximum Gasteiger partial charge on any atom is 0.521 e. The van der Waals surface area contributed by atoms with E-state index in [1.54, 1.807) is 0 Å². The highest BCUT2D eigenvalue weighted by Gasteiger charge is 2.46. The van der Waals surface area contributed by atoms with Crippen LogP contribution < -0.4 is 5.32 Å². The molecule has 2 N–H and O–H groups in total. The Kier molecular flexibility index (Phi) is 3.40. The SMILES string of the molecule is O=C(O)[N+]1(C(=O)c2cccc(F)c2)CCNCC1. The van der Waals surface area contributed by atoms with Crippen LogP contribution in [0.15, 0.2) is 24.3 Å². The molecular formula is C12H14FN2O3+. The average Bonchev–Trinajstić information content (AvgIpc) is 2.38. The standard InChI is InChI=1S/C12H13FN2O3/c13-10-3-1-2-9(8-10)11(16)15(12(17)18)6-4-14-5-7-15/h1-3,8,14H,4-7H2/p+1. The molecule has 0 unspecified atom stereocenters. The van der Waals surface area contributed by atoms with Gasteiger partial charge in [0.05, 0.1) is 5.56 Å². The molecule has 1 aliphatic rings. The number of benzene rings is 1. The summed E-state index contributed by atoms with van der Waals surface area (Å²) in [6.45, 7) is 1.25. The molecule has 0 atom stereocenters. The van der Waals surface area contributed by atoms with E-state index in [9.17, 15) is 19.1 Å². The van der Waals surface area contributed by atoms with Crippen molar-refractivity contribution in [2.75, 3.05) is 26.2 Å². The molecule has 1 aromatic rings. The van der Waals surface area contributed by atoms with Crippen LogP contribution in [0.25, 0.3) is 0 Å². The molecule has 1 heterocycles. The molecule has 0 spiro atoms. The molecular weight excluding hydrogens is 239 g/mol. The first-order valence-electron chi connectivity index (χ1n) is 5.68. The second-order valence-corrected chi connectivity index (χ2v) is 4.26. The quantitative estimate of drug-likeness (QED) is 0.734. The van der Waals surface area contributed by atoms with Crippen LogP contribution in [0.2, 0.25) is 0 Å². The third kappa shape index (κ3) is 2.12. The molecule has 2 rings (SSSR count). The highest BCUT2D eigenvalue weighted by molar-refractivity contribution is 5.94. The molecule has 0 saturated carbocycles. The van der Waals surface area contributed by atoms with Crippen molar-refractivity contribution in [3.63, 3.8) is 0 Å². The summed E-state index contributed by atoms with van der Waals surface area (Å²) in [5.41, 5.74) is 0.0966. The van der Waals surface area contributed by atoms with Crippen LogP contribution in [0.5, 0.6) is 0 Å². The third-order valence-electron chi connectivity index (χ3n) is 3.17. The molecule has 1 aromatic carbocycles. The van der Waals surface area contributed by atoms with Gasteiger partial charge in [-0.05, 0) is 18.2 Å². The minimum Gasteiger partial charge on any atom is -0.435 e. The number of imide groups is 1. The van der Waals surface area contributed by atoms with Gasteiger partial charge in [-0.3, -0.25) is 0 Å². The number of hydrogen-bond acceptors (Lipinski definition) is 3. The van der Waals surface area contributed by atoms with Crippen LogP contribution in [0.1, 0.15) is 10.4 Å². The maximum absolute atomic E-state index is 13.1. The molecule has 0 aromatic heterocycles. The van der Waals surface area contributed by atoms with E-state index in [-0.39, 0.29) is 18.7 Å². The number of carbonyl (C=O) groups excluding carboxylic acids is 1. The molecule has 0 bridgehead atoms. The highest BCUT2D eigenvalue weighted by atomic mass is 19.1. The Hall–Kier alpha value is -1.79. The molecule has 5 nitrogen and oxygen atoms in total. The summed E-state index contributed by atoms with van der Waals surface area (Å²) >= 11 is 0. The monoisotopic (exact) mass is 253 g/mol. The predicted molar refractivity (Wildman–Crippen MR) is 61.6 cm³/mol. The minimum atomic E-state index is -1.19. The maximum atomic E-state index is 13.1. The Labute approximate surface area is 103 Å². The number of carboxylic acid groups (broad SMARTS) is 1. The Morgan fingerprint density at radius 1 is 1.28 bits per heavy atom. The number of rotatable bonds is 1. The van der Waals surface area contributed by atoms with Gasteiger partial charge in [0.25, 0.3) is 0 Å². The van der Waals surface area contributed by atoms with E-state index in [2.05, 4.69) is 5.32 Å². The number of nitrogens with one attached hydrogen (secondary N) is 1. The molecule has 96 valence electrons. The number of carbonyl (C=O) groups is 2. The van der Waals surface area contributed by atoms with Gasteiger partial charge in [0.2, 0.25) is 0 Å². The van der Waals surface area contributed by atoms with E-state index in [0.29, 0.717) is 13.1 Å². The number of amides is 2. The molecule has 18 heavy (non-hydrogen) atoms. The lowest BCUT2D eigenvalue weighted by atomic mass is 10.1. The zero-order chi connectivity index (χ0) is 13.2. The van der Waals surface area contributed by atoms with E-state index in [4.69, 9.17) is 0 Å². The largest absolute Gasteiger partial charge is 0.521 e. The van der Waals surface area contributed by atoms with E-state index in [0.717, 1.165) is 6.07 Å². The fourth-order valence-corrected chi connectivity index (χ4v) is 2.13. The van der Waals surface area contributed by atoms with Gasteiger partial charge in [-0.1, -0.05) is 6.07 Å². The highest BCUT2D eigenvalue weighted by Crippen LogP contribution is 2.17. The smallest absolute Gasteiger partial charge is 0.435 e. The van der Waals surface area contributed by atoms with Gasteiger partial charge in [0.1, 0.15) is 18.9 Å². The summed E-state index contributed by atoms with van der Waals surface area (Å²) in [6, 6.07) is 5.15. The van der Waals surface area contributed by atoms with Crippen molar-refractivity contribution in [3.05, 3.63) is 35.6 Å². The number of nitrogens with zero attached hydrogens (tertiary/aromatic N) is 1. The van der Waals surface area contributed by atoms with E-state index < -0.39 is 22.3 Å². The summed E-state index contributed by atoms with van der Waals surface area (Å²) in [5.74, 6) is -1.11. The lowest BCUT2D eigenvalue weighted by molar-refractivity contribution is -0.777. The van der Waals surface area contributed by atoms with E-state index in [1.165, 1.54) is 18.2 Å². The fraction of sp³-hybridized carbons (Fsp3) is 0.333. The lowest BCUT2D eigenvalue weighted by Crippen LogP contribution is -2.64. The summed E-state index contributed by atoms with van der Waals surface area (Å²) in [6.07, 6.45) is -1.19. The van der Waals surface area contributed by atoms with Crippen LogP contribution in [0, 0.1) is 5.82 Å². The second kappa shape index (κ2) is 4.83. The van der Waals surface area contributed by atoms with Gasteiger partial charge in [0, 0.05) is 13.1 Å². The van der Waals surface area contributed by atoms with E-state index in [1.807, 2.05) is 0 Å². The number of halogens is 1. The van der Waals surface area contributed by atoms with Crippen LogP contribution in [-0.4, -0.2) is 47.8 Å². The van der Waals surface area contributed by atoms with Crippen LogP contribution in [-0.2, 0) is 0 Å². The Bertz CT molecular complexity index is 484. The molecule has 0 radical (unpaired) electrons. The zero-order valence-corrected chi connectivity index (χ0v) is 9.73. The average molecular weight is 253 g/mol. The number of piperazine rings is 1. The van der Waals surface area contributed by atoms with Gasteiger partial charge in [-0.2, -0.15) is 9.28 Å². The second-order valence-electron chi connectivity index (χ2n) is 4.26. The van der Waals surface area contributed by atoms with Crippen molar-refractivity contribution >= 4 is 12.0 Å². The zero-order valence-electron chi connectivity index (χ0n) is 9.73. The Balaban J connectivity index is 2.37. The van der Waals surface area contributed by atoms with Gasteiger partial charge >= 0.3 is 12.0 Å². The molecule has 0 aliphatic carbocycles. The first kappa shape index (κ1) is 12.7. The normalized spacial score (nSPS) is 18.3. The van der Waals surface area contributed by atoms with Crippen molar-refractivity contribution in [2.24, 2.45) is 0 Å². The van der Waals surface area contributed by atoms with E-state index >= 15 is 0 Å². The molecule has 1 saturated heterocycles. The summed E-state index contributed by atoms with van der Waals surface area (Å²) in [4.78, 5) is 23.7. The first-order chi connectivity index (χ1) is 8.56. The fourth-order valence-electron chi connectivity index (χ4n) is 2.13. The minimum absolute atomic E-state index is 0.0966. The number of hydrogen-bond donors (Lipinski definition) is 2. The lowest BCUT2D eigenvalue weighted by Gasteiger charge is -2.33. The third-order valence-corrected chi connectivity index (χ3v) is 3.17. The molecule has 6 heteroatoms. The molecule has 2 amide bonds. The van der Waals surface area contributed by atoms with Gasteiger partial charge in [-0.15, -0.1) is 0 Å². The van der Waals surface area contributed by atoms with Crippen LogP contribution in [0.4, 0.5) is 9.18 Å². The Morgan fingerprint density at radius 3 is 2.50 bits per heavy atom. The summed E-state index contributed by atoms with van der Waals surface area (Å²) < 4.78 is 12.4. The van der Waals surface area contributed by atoms with Crippen molar-refractivity contribution in [1.82, 2.24) is 5.32 Å². The van der Waals surface area contributed by atoms with Crippen LogP contribution >= 0.6 is 0 Å². The summed E-state index contributed by atoms with van der Waals surface area (Å²) in [5, 5.41) is 12.3.